The fraction of sp³-hybridized carbons (Fsp3) is 0.900. The molecule has 0 saturated heterocycles. The third-order valence-electron chi connectivity index (χ3n) is 7.48. The van der Waals surface area contributed by atoms with Crippen molar-refractivity contribution in [2.24, 2.45) is 28.6 Å². The molecule has 6 nitrogen and oxygen atoms in total. The lowest BCUT2D eigenvalue weighted by Gasteiger charge is -2.58. The van der Waals surface area contributed by atoms with Crippen molar-refractivity contribution in [3.8, 4) is 0 Å². The first-order valence-electron chi connectivity index (χ1n) is 10.3. The second-order valence-electron chi connectivity index (χ2n) is 9.89. The number of esters is 1. The molecular formula is C20H30F2O6S. The topological polar surface area (TPSA) is 97.7 Å². The van der Waals surface area contributed by atoms with E-state index in [1.807, 2.05) is 20.8 Å². The Hall–Kier alpha value is -1.09. The molecular weight excluding hydrogens is 406 g/mol. The monoisotopic (exact) mass is 436 g/mol. The van der Waals surface area contributed by atoms with Crippen LogP contribution in [-0.4, -0.2) is 36.1 Å². The zero-order valence-corrected chi connectivity index (χ0v) is 17.9. The second kappa shape index (κ2) is 7.25. The summed E-state index contributed by atoms with van der Waals surface area (Å²) < 4.78 is 63.3. The first-order chi connectivity index (χ1) is 13.2. The first-order valence-corrected chi connectivity index (χ1v) is 11.7. The maximum absolute atomic E-state index is 13.6. The predicted molar refractivity (Wildman–Crippen MR) is 101 cm³/mol. The van der Waals surface area contributed by atoms with Crippen molar-refractivity contribution in [3.63, 3.8) is 0 Å². The summed E-state index contributed by atoms with van der Waals surface area (Å²) in [5.41, 5.74) is -1.32. The van der Waals surface area contributed by atoms with Gasteiger partial charge < -0.3 is 4.74 Å². The van der Waals surface area contributed by atoms with Crippen LogP contribution in [0.4, 0.5) is 8.78 Å². The van der Waals surface area contributed by atoms with Gasteiger partial charge in [0.15, 0.2) is 0 Å². The molecule has 0 heterocycles. The minimum Gasteiger partial charge on any atom is -0.461 e. The number of hydrogen-bond acceptors (Lipinski definition) is 5. The minimum atomic E-state index is -5.54. The van der Waals surface area contributed by atoms with Crippen LogP contribution in [0.1, 0.15) is 72.1 Å². The molecule has 4 fully saturated rings. The molecule has 4 rings (SSSR count). The van der Waals surface area contributed by atoms with Gasteiger partial charge in [0, 0.05) is 18.3 Å². The molecule has 0 aromatic carbocycles. The molecule has 9 heteroatoms. The zero-order valence-electron chi connectivity index (χ0n) is 17.1. The maximum atomic E-state index is 13.6. The number of Topliss-reactive ketones (excluding diaryl/α,β-unsaturated/α-hetero) is 1. The Kier molecular flexibility index (Phi) is 5.65. The summed E-state index contributed by atoms with van der Waals surface area (Å²) in [6.07, 6.45) is 1.92. The van der Waals surface area contributed by atoms with Crippen LogP contribution in [0.25, 0.3) is 0 Å². The first kappa shape index (κ1) is 22.6. The Morgan fingerprint density at radius 3 is 2.17 bits per heavy atom. The number of carbonyl (C=O) groups is 2. The van der Waals surface area contributed by atoms with Crippen LogP contribution in [0, 0.1) is 28.6 Å². The molecule has 2 unspecified atom stereocenters. The summed E-state index contributed by atoms with van der Waals surface area (Å²) in [6, 6.07) is 0. The summed E-state index contributed by atoms with van der Waals surface area (Å²) in [5.74, 6) is -0.245. The number of rotatable bonds is 8. The Bertz CT molecular complexity index is 775. The van der Waals surface area contributed by atoms with Crippen LogP contribution >= 0.6 is 0 Å². The van der Waals surface area contributed by atoms with Gasteiger partial charge in [-0.15, -0.1) is 0 Å². The Morgan fingerprint density at radius 1 is 1.14 bits per heavy atom. The van der Waals surface area contributed by atoms with Crippen molar-refractivity contribution in [3.05, 3.63) is 0 Å². The van der Waals surface area contributed by atoms with Crippen molar-refractivity contribution < 1.29 is 36.1 Å². The largest absolute Gasteiger partial charge is 0.461 e. The van der Waals surface area contributed by atoms with E-state index in [9.17, 15) is 26.8 Å². The normalized spacial score (nSPS) is 34.3. The van der Waals surface area contributed by atoms with E-state index < -0.39 is 39.0 Å². The highest BCUT2D eigenvalue weighted by molar-refractivity contribution is 7.86. The Labute approximate surface area is 170 Å². The molecule has 166 valence electrons. The van der Waals surface area contributed by atoms with E-state index in [0.29, 0.717) is 31.6 Å². The van der Waals surface area contributed by atoms with Crippen LogP contribution in [0.3, 0.4) is 0 Å². The average Bonchev–Trinajstić information content (AvgIpc) is 2.60. The highest BCUT2D eigenvalue weighted by atomic mass is 32.2. The summed E-state index contributed by atoms with van der Waals surface area (Å²) in [4.78, 5) is 25.4. The van der Waals surface area contributed by atoms with Gasteiger partial charge in [0.25, 0.3) is 0 Å². The molecule has 4 saturated carbocycles. The molecule has 1 N–H and O–H groups in total. The molecule has 0 aromatic rings. The van der Waals surface area contributed by atoms with E-state index in [-0.39, 0.29) is 29.7 Å². The fourth-order valence-electron chi connectivity index (χ4n) is 5.59. The lowest BCUT2D eigenvalue weighted by molar-refractivity contribution is -0.191. The molecule has 0 aromatic heterocycles. The third-order valence-corrected chi connectivity index (χ3v) is 8.44. The SMILES string of the molecule is CCC(C)(C)C(=O)OC1C2CC3CC1CC(C(=O)CCC(F)(F)S(=O)(=O)O)(C3)C2. The second-order valence-corrected chi connectivity index (χ2v) is 11.4. The van der Waals surface area contributed by atoms with E-state index in [2.05, 4.69) is 0 Å². The number of halogens is 2. The van der Waals surface area contributed by atoms with Crippen molar-refractivity contribution in [2.75, 3.05) is 0 Å². The Morgan fingerprint density at radius 2 is 1.69 bits per heavy atom. The van der Waals surface area contributed by atoms with Gasteiger partial charge in [-0.1, -0.05) is 6.92 Å². The smallest absolute Gasteiger partial charge is 0.370 e. The minimum absolute atomic E-state index is 0.0314. The lowest BCUT2D eigenvalue weighted by Crippen LogP contribution is -2.57. The van der Waals surface area contributed by atoms with Gasteiger partial charge in [-0.3, -0.25) is 14.1 Å². The summed E-state index contributed by atoms with van der Waals surface area (Å²) in [6.45, 7) is 5.60. The van der Waals surface area contributed by atoms with Gasteiger partial charge in [0.1, 0.15) is 11.9 Å². The van der Waals surface area contributed by atoms with Crippen molar-refractivity contribution >= 4 is 21.9 Å². The summed E-state index contributed by atoms with van der Waals surface area (Å²) in [7, 11) is -5.54. The van der Waals surface area contributed by atoms with Crippen molar-refractivity contribution in [1.82, 2.24) is 0 Å². The summed E-state index contributed by atoms with van der Waals surface area (Å²) in [5, 5.41) is -4.32. The predicted octanol–water partition coefficient (Wildman–Crippen LogP) is 3.99. The molecule has 4 aliphatic rings. The highest BCUT2D eigenvalue weighted by Gasteiger charge is 2.59. The number of carbonyl (C=O) groups excluding carboxylic acids is 2. The van der Waals surface area contributed by atoms with Crippen LogP contribution in [0.5, 0.6) is 0 Å². The highest BCUT2D eigenvalue weighted by Crippen LogP contribution is 2.61. The average molecular weight is 437 g/mol. The number of hydrogen-bond donors (Lipinski definition) is 1. The van der Waals surface area contributed by atoms with Gasteiger partial charge >= 0.3 is 21.3 Å². The van der Waals surface area contributed by atoms with Crippen LogP contribution in [0.15, 0.2) is 0 Å². The molecule has 0 radical (unpaired) electrons. The molecule has 4 bridgehead atoms. The molecule has 4 aliphatic carbocycles. The number of ether oxygens (including phenoxy) is 1. The molecule has 29 heavy (non-hydrogen) atoms. The van der Waals surface area contributed by atoms with Crippen LogP contribution in [0.2, 0.25) is 0 Å². The molecule has 0 aliphatic heterocycles. The van der Waals surface area contributed by atoms with Crippen LogP contribution < -0.4 is 0 Å². The van der Waals surface area contributed by atoms with Crippen molar-refractivity contribution in [1.29, 1.82) is 0 Å². The van der Waals surface area contributed by atoms with E-state index in [0.717, 1.165) is 12.8 Å². The van der Waals surface area contributed by atoms with Crippen LogP contribution in [-0.2, 0) is 24.4 Å². The van der Waals surface area contributed by atoms with Gasteiger partial charge in [-0.25, -0.2) is 0 Å². The van der Waals surface area contributed by atoms with E-state index in [1.165, 1.54) is 0 Å². The quantitative estimate of drug-likeness (QED) is 0.456. The maximum Gasteiger partial charge on any atom is 0.370 e. The molecule has 0 amide bonds. The van der Waals surface area contributed by atoms with E-state index in [1.54, 1.807) is 0 Å². The van der Waals surface area contributed by atoms with E-state index >= 15 is 0 Å². The number of alkyl halides is 2. The zero-order chi connectivity index (χ0) is 21.8. The van der Waals surface area contributed by atoms with Gasteiger partial charge in [-0.2, -0.15) is 17.2 Å². The van der Waals surface area contributed by atoms with Gasteiger partial charge in [0.05, 0.1) is 5.41 Å². The number of ketones is 1. The van der Waals surface area contributed by atoms with Gasteiger partial charge in [-0.05, 0) is 70.1 Å². The lowest BCUT2D eigenvalue weighted by atomic mass is 9.47. The van der Waals surface area contributed by atoms with Crippen molar-refractivity contribution in [2.45, 2.75) is 83.5 Å². The van der Waals surface area contributed by atoms with E-state index in [4.69, 9.17) is 9.29 Å². The molecule has 0 spiro atoms. The standard InChI is InChI=1S/C20H30F2O6S/c1-4-18(2,3)17(24)28-16-13-7-12-8-14(16)11-19(9-12,10-13)15(23)5-6-20(21,22)29(25,26)27/h12-14,16H,4-11H2,1-3H3,(H,25,26,27). The third kappa shape index (κ3) is 4.09. The molecule has 2 atom stereocenters. The van der Waals surface area contributed by atoms with Gasteiger partial charge in [0.2, 0.25) is 0 Å². The fourth-order valence-corrected chi connectivity index (χ4v) is 5.95. The Balaban J connectivity index is 1.70. The summed E-state index contributed by atoms with van der Waals surface area (Å²) >= 11 is 0.